The van der Waals surface area contributed by atoms with Gasteiger partial charge in [0.2, 0.25) is 0 Å². The average molecular weight is 329 g/mol. The predicted octanol–water partition coefficient (Wildman–Crippen LogP) is 2.90. The van der Waals surface area contributed by atoms with E-state index in [0.29, 0.717) is 16.7 Å². The molecule has 1 aromatic heterocycles. The summed E-state index contributed by atoms with van der Waals surface area (Å²) in [6, 6.07) is 0.700. The fraction of sp³-hybridized carbons (Fsp3) is 0.714. The van der Waals surface area contributed by atoms with Crippen LogP contribution in [0, 0.1) is 0 Å². The molecule has 3 N–H and O–H groups in total. The van der Waals surface area contributed by atoms with E-state index in [2.05, 4.69) is 23.5 Å². The van der Waals surface area contributed by atoms with Gasteiger partial charge in [-0.15, -0.1) is 0 Å². The van der Waals surface area contributed by atoms with Crippen LogP contribution in [0.2, 0.25) is 0 Å². The number of nitrogens with zero attached hydrogens (tertiary/aromatic N) is 2. The second-order valence-electron chi connectivity index (χ2n) is 5.55. The maximum atomic E-state index is 12.5. The lowest BCUT2D eigenvalue weighted by molar-refractivity contribution is 0.0747. The minimum atomic E-state index is -0.0275. The van der Waals surface area contributed by atoms with Gasteiger partial charge in [-0.2, -0.15) is 11.8 Å². The van der Waals surface area contributed by atoms with E-state index in [1.807, 2.05) is 7.05 Å². The van der Waals surface area contributed by atoms with Crippen molar-refractivity contribution >= 4 is 40.0 Å². The Morgan fingerprint density at radius 3 is 2.90 bits per heavy atom. The standard InChI is InChI=1S/C14H24N4OS2/c1-9(7-8-20-3)18(2)13(19)11-12(15)17-14(21-11)16-10-5-4-6-10/h9-10H,4-8,15H2,1-3H3,(H,16,17). The van der Waals surface area contributed by atoms with Crippen molar-refractivity contribution in [2.45, 2.75) is 44.7 Å². The smallest absolute Gasteiger partial charge is 0.267 e. The zero-order valence-corrected chi connectivity index (χ0v) is 14.5. The molecule has 1 heterocycles. The lowest BCUT2D eigenvalue weighted by Crippen LogP contribution is -2.35. The number of rotatable bonds is 7. The highest BCUT2D eigenvalue weighted by molar-refractivity contribution is 7.98. The van der Waals surface area contributed by atoms with Crippen LogP contribution < -0.4 is 11.1 Å². The van der Waals surface area contributed by atoms with Gasteiger partial charge in [0.05, 0.1) is 0 Å². The Hall–Kier alpha value is -0.950. The number of thiazole rings is 1. The van der Waals surface area contributed by atoms with Crippen LogP contribution >= 0.6 is 23.1 Å². The Kier molecular flexibility index (Phi) is 5.75. The van der Waals surface area contributed by atoms with Gasteiger partial charge in [-0.3, -0.25) is 4.79 Å². The van der Waals surface area contributed by atoms with Crippen molar-refractivity contribution in [3.8, 4) is 0 Å². The molecule has 1 fully saturated rings. The summed E-state index contributed by atoms with van der Waals surface area (Å²) in [5.41, 5.74) is 5.92. The van der Waals surface area contributed by atoms with E-state index in [-0.39, 0.29) is 11.9 Å². The molecule has 2 rings (SSSR count). The number of anilines is 2. The first kappa shape index (κ1) is 16.4. The molecule has 7 heteroatoms. The number of amides is 1. The van der Waals surface area contributed by atoms with Crippen molar-refractivity contribution in [3.05, 3.63) is 4.88 Å². The van der Waals surface area contributed by atoms with Gasteiger partial charge in [-0.25, -0.2) is 4.98 Å². The number of hydrogen-bond donors (Lipinski definition) is 2. The van der Waals surface area contributed by atoms with Crippen LogP contribution in [-0.2, 0) is 0 Å². The maximum absolute atomic E-state index is 12.5. The van der Waals surface area contributed by atoms with E-state index in [1.165, 1.54) is 30.6 Å². The number of aromatic nitrogens is 1. The molecule has 1 atom stereocenters. The SMILES string of the molecule is CSCCC(C)N(C)C(=O)c1sc(NC2CCC2)nc1N. The van der Waals surface area contributed by atoms with Crippen LogP contribution in [0.1, 0.15) is 42.3 Å². The number of carbonyl (C=O) groups excluding carboxylic acids is 1. The number of nitrogen functional groups attached to an aromatic ring is 1. The predicted molar refractivity (Wildman–Crippen MR) is 92.3 cm³/mol. The van der Waals surface area contributed by atoms with Crippen LogP contribution in [0.4, 0.5) is 10.9 Å². The van der Waals surface area contributed by atoms with Crippen molar-refractivity contribution in [1.29, 1.82) is 0 Å². The van der Waals surface area contributed by atoms with E-state index in [9.17, 15) is 4.79 Å². The molecule has 5 nitrogen and oxygen atoms in total. The summed E-state index contributed by atoms with van der Waals surface area (Å²) in [4.78, 5) is 19.1. The molecule has 1 aliphatic carbocycles. The van der Waals surface area contributed by atoms with Gasteiger partial charge >= 0.3 is 0 Å². The first-order valence-corrected chi connectivity index (χ1v) is 9.53. The minimum absolute atomic E-state index is 0.0275. The molecule has 0 radical (unpaired) electrons. The summed E-state index contributed by atoms with van der Waals surface area (Å²) in [5, 5.41) is 4.12. The van der Waals surface area contributed by atoms with E-state index < -0.39 is 0 Å². The van der Waals surface area contributed by atoms with Gasteiger partial charge in [-0.1, -0.05) is 11.3 Å². The molecule has 118 valence electrons. The van der Waals surface area contributed by atoms with Crippen molar-refractivity contribution in [1.82, 2.24) is 9.88 Å². The molecule has 0 spiro atoms. The maximum Gasteiger partial charge on any atom is 0.267 e. The number of thioether (sulfide) groups is 1. The fourth-order valence-electron chi connectivity index (χ4n) is 2.12. The van der Waals surface area contributed by atoms with Gasteiger partial charge < -0.3 is 16.0 Å². The monoisotopic (exact) mass is 328 g/mol. The van der Waals surface area contributed by atoms with E-state index >= 15 is 0 Å². The molecule has 0 saturated heterocycles. The van der Waals surface area contributed by atoms with E-state index in [0.717, 1.165) is 17.3 Å². The lowest BCUT2D eigenvalue weighted by Gasteiger charge is -2.26. The van der Waals surface area contributed by atoms with Gasteiger partial charge in [-0.05, 0) is 44.6 Å². The number of carbonyl (C=O) groups is 1. The normalized spacial score (nSPS) is 16.3. The highest BCUT2D eigenvalue weighted by Crippen LogP contribution is 2.30. The third kappa shape index (κ3) is 4.03. The van der Waals surface area contributed by atoms with Crippen molar-refractivity contribution in [2.75, 3.05) is 30.1 Å². The fourth-order valence-corrected chi connectivity index (χ4v) is 3.64. The summed E-state index contributed by atoms with van der Waals surface area (Å²) in [7, 11) is 1.84. The largest absolute Gasteiger partial charge is 0.382 e. The highest BCUT2D eigenvalue weighted by Gasteiger charge is 2.24. The summed E-state index contributed by atoms with van der Waals surface area (Å²) < 4.78 is 0. The first-order valence-electron chi connectivity index (χ1n) is 7.31. The molecule has 21 heavy (non-hydrogen) atoms. The Bertz CT molecular complexity index is 487. The molecule has 1 amide bonds. The van der Waals surface area contributed by atoms with Gasteiger partial charge in [0.15, 0.2) is 5.13 Å². The molecular formula is C14H24N4OS2. The van der Waals surface area contributed by atoms with Gasteiger partial charge in [0.25, 0.3) is 5.91 Å². The zero-order chi connectivity index (χ0) is 15.4. The first-order chi connectivity index (χ1) is 10.0. The third-order valence-electron chi connectivity index (χ3n) is 4.00. The Morgan fingerprint density at radius 1 is 1.62 bits per heavy atom. The van der Waals surface area contributed by atoms with Crippen LogP contribution in [0.5, 0.6) is 0 Å². The minimum Gasteiger partial charge on any atom is -0.382 e. The summed E-state index contributed by atoms with van der Waals surface area (Å²) in [5.74, 6) is 1.36. The Labute approximate surface area is 134 Å². The van der Waals surface area contributed by atoms with Crippen LogP contribution in [0.25, 0.3) is 0 Å². The van der Waals surface area contributed by atoms with E-state index in [4.69, 9.17) is 5.73 Å². The number of nitrogens with one attached hydrogen (secondary N) is 1. The Morgan fingerprint density at radius 2 is 2.33 bits per heavy atom. The van der Waals surface area contributed by atoms with Crippen molar-refractivity contribution < 1.29 is 4.79 Å². The molecule has 0 aromatic carbocycles. The van der Waals surface area contributed by atoms with Crippen LogP contribution in [0.15, 0.2) is 0 Å². The summed E-state index contributed by atoms with van der Waals surface area (Å²) in [6.45, 7) is 2.07. The highest BCUT2D eigenvalue weighted by atomic mass is 32.2. The van der Waals surface area contributed by atoms with Crippen molar-refractivity contribution in [3.63, 3.8) is 0 Å². The molecule has 0 aliphatic heterocycles. The topological polar surface area (TPSA) is 71.2 Å². The zero-order valence-electron chi connectivity index (χ0n) is 12.9. The third-order valence-corrected chi connectivity index (χ3v) is 5.64. The lowest BCUT2D eigenvalue weighted by atomic mass is 9.93. The molecule has 1 aliphatic rings. The molecular weight excluding hydrogens is 304 g/mol. The molecule has 0 bridgehead atoms. The van der Waals surface area contributed by atoms with Crippen molar-refractivity contribution in [2.24, 2.45) is 0 Å². The van der Waals surface area contributed by atoms with Gasteiger partial charge in [0.1, 0.15) is 10.7 Å². The molecule has 1 saturated carbocycles. The van der Waals surface area contributed by atoms with Crippen LogP contribution in [-0.4, -0.2) is 46.9 Å². The summed E-state index contributed by atoms with van der Waals surface area (Å²) in [6.07, 6.45) is 6.67. The number of nitrogens with two attached hydrogens (primary N) is 1. The molecule has 1 aromatic rings. The summed E-state index contributed by atoms with van der Waals surface area (Å²) >= 11 is 3.17. The average Bonchev–Trinajstić information content (AvgIpc) is 2.79. The van der Waals surface area contributed by atoms with Crippen LogP contribution in [0.3, 0.4) is 0 Å². The van der Waals surface area contributed by atoms with E-state index in [1.54, 1.807) is 16.7 Å². The van der Waals surface area contributed by atoms with Gasteiger partial charge in [0, 0.05) is 19.1 Å². The second kappa shape index (κ2) is 7.35. The quantitative estimate of drug-likeness (QED) is 0.805. The Balaban J connectivity index is 2.00. The molecule has 1 unspecified atom stereocenters. The second-order valence-corrected chi connectivity index (χ2v) is 7.54. The number of hydrogen-bond acceptors (Lipinski definition) is 6.